The van der Waals surface area contributed by atoms with Crippen molar-refractivity contribution in [1.82, 2.24) is 14.0 Å². The summed E-state index contributed by atoms with van der Waals surface area (Å²) in [5.41, 5.74) is 11.6. The van der Waals surface area contributed by atoms with Crippen molar-refractivity contribution in [3.8, 4) is 11.4 Å². The number of anilines is 4. The molecule has 0 saturated heterocycles. The molecule has 42 heavy (non-hydrogen) atoms. The summed E-state index contributed by atoms with van der Waals surface area (Å²) in [7, 11) is 4.16. The summed E-state index contributed by atoms with van der Waals surface area (Å²) in [6.07, 6.45) is 7.79. The Labute approximate surface area is 243 Å². The molecule has 9 rings (SSSR count). The highest BCUT2D eigenvalue weighted by Crippen LogP contribution is 2.50. The van der Waals surface area contributed by atoms with Gasteiger partial charge in [0.05, 0.1) is 58.5 Å². The summed E-state index contributed by atoms with van der Waals surface area (Å²) in [4.78, 5) is 6.91. The van der Waals surface area contributed by atoms with Gasteiger partial charge in [0.1, 0.15) is 0 Å². The van der Waals surface area contributed by atoms with E-state index in [1.807, 2.05) is 0 Å². The zero-order chi connectivity index (χ0) is 27.9. The third-order valence-corrected chi connectivity index (χ3v) is 8.64. The van der Waals surface area contributed by atoms with Crippen LogP contribution in [0.4, 0.5) is 22.7 Å². The SMILES string of the molecule is CN1C=CN(c2ccc3c(c2)N(c2cccc(-n4[c-][n+](C)c5ccccc54)c2)c2cccc4c5ccccc5n-3c24)C1. The van der Waals surface area contributed by atoms with Crippen molar-refractivity contribution in [2.75, 3.05) is 23.5 Å². The second kappa shape index (κ2) is 8.51. The smallest absolute Gasteiger partial charge is 0.244 e. The molecule has 0 bridgehead atoms. The summed E-state index contributed by atoms with van der Waals surface area (Å²) >= 11 is 0. The second-order valence-corrected chi connectivity index (χ2v) is 11.2. The molecule has 2 aromatic heterocycles. The Morgan fingerprint density at radius 1 is 0.643 bits per heavy atom. The molecule has 0 unspecified atom stereocenters. The van der Waals surface area contributed by atoms with Gasteiger partial charge in [-0.05, 0) is 42.5 Å². The van der Waals surface area contributed by atoms with Gasteiger partial charge in [-0.1, -0.05) is 66.7 Å². The van der Waals surface area contributed by atoms with E-state index in [-0.39, 0.29) is 0 Å². The maximum atomic E-state index is 3.51. The monoisotopic (exact) mass is 544 g/mol. The Bertz CT molecular complexity index is 2240. The van der Waals surface area contributed by atoms with E-state index >= 15 is 0 Å². The third kappa shape index (κ3) is 3.17. The Kier molecular flexibility index (Phi) is 4.71. The van der Waals surface area contributed by atoms with Crippen LogP contribution in [-0.4, -0.2) is 27.8 Å². The highest BCUT2D eigenvalue weighted by Gasteiger charge is 2.29. The van der Waals surface area contributed by atoms with E-state index in [1.54, 1.807) is 0 Å². The van der Waals surface area contributed by atoms with E-state index in [9.17, 15) is 0 Å². The van der Waals surface area contributed by atoms with Gasteiger partial charge >= 0.3 is 0 Å². The maximum absolute atomic E-state index is 3.51. The lowest BCUT2D eigenvalue weighted by molar-refractivity contribution is -0.649. The number of para-hydroxylation sites is 4. The number of imidazole rings is 1. The zero-order valence-electron chi connectivity index (χ0n) is 23.4. The number of aryl methyl sites for hydroxylation is 1. The first-order valence-electron chi connectivity index (χ1n) is 14.3. The number of rotatable bonds is 3. The van der Waals surface area contributed by atoms with Gasteiger partial charge in [-0.25, -0.2) is 0 Å². The van der Waals surface area contributed by atoms with Crippen LogP contribution >= 0.6 is 0 Å². The fourth-order valence-corrected chi connectivity index (χ4v) is 6.76. The van der Waals surface area contributed by atoms with Gasteiger partial charge in [0.2, 0.25) is 6.33 Å². The van der Waals surface area contributed by atoms with Gasteiger partial charge in [-0.2, -0.15) is 0 Å². The molecular weight excluding hydrogens is 516 g/mol. The molecular formula is C36H28N6. The summed E-state index contributed by atoms with van der Waals surface area (Å²) < 4.78 is 6.66. The molecule has 0 N–H and O–H groups in total. The summed E-state index contributed by atoms with van der Waals surface area (Å²) in [5.74, 6) is 0. The van der Waals surface area contributed by atoms with E-state index in [2.05, 4.69) is 170 Å². The lowest BCUT2D eigenvalue weighted by atomic mass is 10.1. The minimum atomic E-state index is 0.828. The van der Waals surface area contributed by atoms with Crippen LogP contribution in [0.1, 0.15) is 0 Å². The molecule has 0 atom stereocenters. The average Bonchev–Trinajstić information content (AvgIpc) is 3.72. The molecule has 0 fully saturated rings. The van der Waals surface area contributed by atoms with Crippen molar-refractivity contribution in [3.63, 3.8) is 0 Å². The standard InChI is InChI=1S/C36H28N6/c1-37-19-20-39(23-37)25-17-18-33-35(22-25)41(34-16-8-12-29-28-11-3-4-13-30(28)42(33)36(29)34)27-10-7-9-26(21-27)40-24-38(2)31-14-5-6-15-32(31)40/h3-22H,23H2,1-2H3. The number of benzene rings is 5. The molecule has 202 valence electrons. The highest BCUT2D eigenvalue weighted by atomic mass is 15.3. The molecule has 6 heteroatoms. The van der Waals surface area contributed by atoms with Crippen molar-refractivity contribution >= 4 is 55.6 Å². The zero-order valence-corrected chi connectivity index (χ0v) is 23.4. The normalized spacial score (nSPS) is 14.1. The van der Waals surface area contributed by atoms with Crippen molar-refractivity contribution in [2.24, 2.45) is 7.05 Å². The van der Waals surface area contributed by atoms with Crippen LogP contribution in [0.25, 0.3) is 44.2 Å². The Hall–Kier alpha value is -5.49. The van der Waals surface area contributed by atoms with Gasteiger partial charge in [-0.15, -0.1) is 0 Å². The molecule has 6 nitrogen and oxygen atoms in total. The van der Waals surface area contributed by atoms with E-state index in [0.717, 1.165) is 34.8 Å². The number of hydrogen-bond acceptors (Lipinski definition) is 3. The molecule has 0 amide bonds. The molecule has 7 aromatic rings. The topological polar surface area (TPSA) is 23.5 Å². The molecule has 4 heterocycles. The fraction of sp³-hybridized carbons (Fsp3) is 0.0833. The minimum Gasteiger partial charge on any atom is -0.361 e. The van der Waals surface area contributed by atoms with E-state index in [0.29, 0.717) is 0 Å². The maximum Gasteiger partial charge on any atom is 0.244 e. The van der Waals surface area contributed by atoms with Gasteiger partial charge in [0.25, 0.3) is 0 Å². The van der Waals surface area contributed by atoms with E-state index in [4.69, 9.17) is 0 Å². The van der Waals surface area contributed by atoms with Crippen LogP contribution in [-0.2, 0) is 7.05 Å². The third-order valence-electron chi connectivity index (χ3n) is 8.64. The quantitative estimate of drug-likeness (QED) is 0.172. The van der Waals surface area contributed by atoms with Crippen molar-refractivity contribution in [2.45, 2.75) is 0 Å². The number of hydrogen-bond donors (Lipinski definition) is 0. The van der Waals surface area contributed by atoms with Crippen LogP contribution in [0.2, 0.25) is 0 Å². The molecule has 5 aromatic carbocycles. The van der Waals surface area contributed by atoms with Crippen LogP contribution in [0.3, 0.4) is 0 Å². The fourth-order valence-electron chi connectivity index (χ4n) is 6.76. The average molecular weight is 545 g/mol. The Balaban J connectivity index is 1.32. The molecule has 2 aliphatic heterocycles. The Morgan fingerprint density at radius 3 is 2.31 bits per heavy atom. The van der Waals surface area contributed by atoms with Crippen LogP contribution in [0.15, 0.2) is 122 Å². The van der Waals surface area contributed by atoms with Gasteiger partial charge in [0, 0.05) is 41.6 Å². The van der Waals surface area contributed by atoms with Crippen molar-refractivity contribution in [1.29, 1.82) is 0 Å². The summed E-state index contributed by atoms with van der Waals surface area (Å²) in [5, 5.41) is 2.53. The first-order chi connectivity index (χ1) is 20.7. The lowest BCUT2D eigenvalue weighted by Crippen LogP contribution is -2.26. The van der Waals surface area contributed by atoms with E-state index in [1.165, 1.54) is 38.9 Å². The van der Waals surface area contributed by atoms with Gasteiger partial charge in [-0.3, -0.25) is 0 Å². The van der Waals surface area contributed by atoms with Gasteiger partial charge < -0.3 is 28.4 Å². The van der Waals surface area contributed by atoms with Crippen molar-refractivity contribution in [3.05, 3.63) is 128 Å². The van der Waals surface area contributed by atoms with Crippen LogP contribution < -0.4 is 14.4 Å². The van der Waals surface area contributed by atoms with Crippen LogP contribution in [0.5, 0.6) is 0 Å². The first kappa shape index (κ1) is 23.2. The molecule has 0 radical (unpaired) electrons. The van der Waals surface area contributed by atoms with Crippen molar-refractivity contribution < 1.29 is 4.57 Å². The summed E-state index contributed by atoms with van der Waals surface area (Å²) in [6.45, 7) is 0.828. The van der Waals surface area contributed by atoms with Crippen LogP contribution in [0, 0.1) is 6.33 Å². The lowest BCUT2D eigenvalue weighted by Gasteiger charge is -2.34. The molecule has 2 aliphatic rings. The minimum absolute atomic E-state index is 0.828. The molecule has 0 spiro atoms. The second-order valence-electron chi connectivity index (χ2n) is 11.2. The predicted octanol–water partition coefficient (Wildman–Crippen LogP) is 7.32. The Morgan fingerprint density at radius 2 is 1.43 bits per heavy atom. The molecule has 0 saturated carbocycles. The van der Waals surface area contributed by atoms with Gasteiger partial charge in [0.15, 0.2) is 0 Å². The number of nitrogens with zero attached hydrogens (tertiary/aromatic N) is 6. The number of aromatic nitrogens is 3. The highest BCUT2D eigenvalue weighted by molar-refractivity contribution is 6.16. The predicted molar refractivity (Wildman–Crippen MR) is 170 cm³/mol. The summed E-state index contributed by atoms with van der Waals surface area (Å²) in [6, 6.07) is 39.5. The number of fused-ring (bicyclic) bond motifs is 6. The molecule has 0 aliphatic carbocycles. The van der Waals surface area contributed by atoms with E-state index < -0.39 is 0 Å². The first-order valence-corrected chi connectivity index (χ1v) is 14.3. The largest absolute Gasteiger partial charge is 0.361 e.